The van der Waals surface area contributed by atoms with Crippen LogP contribution in [0.25, 0.3) is 0 Å². The smallest absolute Gasteiger partial charge is 0.271 e. The molecule has 4 rings (SSSR count). The van der Waals surface area contributed by atoms with Crippen LogP contribution in [0.3, 0.4) is 0 Å². The molecule has 0 aromatic heterocycles. The molecule has 7 nitrogen and oxygen atoms in total. The van der Waals surface area contributed by atoms with Crippen molar-refractivity contribution in [3.63, 3.8) is 0 Å². The van der Waals surface area contributed by atoms with Crippen LogP contribution in [0.5, 0.6) is 0 Å². The highest BCUT2D eigenvalue weighted by Crippen LogP contribution is 2.41. The Kier molecular flexibility index (Phi) is 2.43. The molecule has 2 N–H and O–H groups in total. The highest BCUT2D eigenvalue weighted by Gasteiger charge is 2.58. The monoisotopic (exact) mass is 258 g/mol. The van der Waals surface area contributed by atoms with Gasteiger partial charge in [0.15, 0.2) is 0 Å². The average molecular weight is 258 g/mol. The SMILES string of the molecule is O=C(NC12CC(C1)C(=O)NC2=O)C1=NC=CN=C=C1. The first-order chi connectivity index (χ1) is 9.11. The van der Waals surface area contributed by atoms with Crippen LogP contribution in [0.1, 0.15) is 12.8 Å². The minimum Gasteiger partial charge on any atom is -0.336 e. The summed E-state index contributed by atoms with van der Waals surface area (Å²) >= 11 is 0. The van der Waals surface area contributed by atoms with E-state index in [1.54, 1.807) is 0 Å². The van der Waals surface area contributed by atoms with Gasteiger partial charge in [-0.2, -0.15) is 0 Å². The number of imide groups is 1. The zero-order chi connectivity index (χ0) is 13.5. The van der Waals surface area contributed by atoms with Gasteiger partial charge in [-0.05, 0) is 18.7 Å². The lowest BCUT2D eigenvalue weighted by atomic mass is 9.64. The van der Waals surface area contributed by atoms with Crippen LogP contribution >= 0.6 is 0 Å². The quantitative estimate of drug-likeness (QED) is 0.625. The Morgan fingerprint density at radius 1 is 1.42 bits per heavy atom. The summed E-state index contributed by atoms with van der Waals surface area (Å²) < 4.78 is 0. The summed E-state index contributed by atoms with van der Waals surface area (Å²) in [6.07, 6.45) is 4.82. The third-order valence-corrected chi connectivity index (χ3v) is 3.45. The lowest BCUT2D eigenvalue weighted by Gasteiger charge is -2.49. The van der Waals surface area contributed by atoms with Crippen molar-refractivity contribution in [3.8, 4) is 0 Å². The fourth-order valence-electron chi connectivity index (χ4n) is 2.38. The number of aliphatic imine (C=N–C) groups is 2. The third kappa shape index (κ3) is 1.80. The van der Waals surface area contributed by atoms with Gasteiger partial charge in [0.05, 0.1) is 6.20 Å². The molecule has 0 aromatic rings. The van der Waals surface area contributed by atoms with Crippen LogP contribution in [0.15, 0.2) is 28.5 Å². The minimum atomic E-state index is -0.973. The molecule has 96 valence electrons. The summed E-state index contributed by atoms with van der Waals surface area (Å²) in [5.74, 6) is 1.15. The van der Waals surface area contributed by atoms with Gasteiger partial charge in [0.25, 0.3) is 11.8 Å². The second-order valence-corrected chi connectivity index (χ2v) is 4.67. The van der Waals surface area contributed by atoms with Gasteiger partial charge in [0.1, 0.15) is 11.3 Å². The van der Waals surface area contributed by atoms with E-state index in [1.807, 2.05) is 0 Å². The number of hydrogen-bond acceptors (Lipinski definition) is 5. The predicted octanol–water partition coefficient (Wildman–Crippen LogP) is -0.940. The fraction of sp³-hybridized carbons (Fsp3) is 0.333. The Bertz CT molecular complexity index is 604. The average Bonchev–Trinajstić information content (AvgIpc) is 2.59. The lowest BCUT2D eigenvalue weighted by molar-refractivity contribution is -0.154. The van der Waals surface area contributed by atoms with E-state index >= 15 is 0 Å². The molecule has 0 spiro atoms. The number of carbonyl (C=O) groups excluding carboxylic acids is 3. The van der Waals surface area contributed by atoms with Gasteiger partial charge in [-0.1, -0.05) is 0 Å². The summed E-state index contributed by atoms with van der Waals surface area (Å²) in [5.41, 5.74) is -0.848. The van der Waals surface area contributed by atoms with Crippen molar-refractivity contribution >= 4 is 29.3 Å². The predicted molar refractivity (Wildman–Crippen MR) is 65.3 cm³/mol. The number of nitrogens with one attached hydrogen (secondary N) is 2. The molecule has 0 aromatic carbocycles. The highest BCUT2D eigenvalue weighted by molar-refractivity contribution is 6.45. The van der Waals surface area contributed by atoms with Crippen LogP contribution in [-0.4, -0.2) is 34.8 Å². The van der Waals surface area contributed by atoms with Gasteiger partial charge in [-0.25, -0.2) is 9.98 Å². The van der Waals surface area contributed by atoms with Gasteiger partial charge in [-0.3, -0.25) is 19.7 Å². The van der Waals surface area contributed by atoms with E-state index < -0.39 is 17.4 Å². The van der Waals surface area contributed by atoms with Crippen molar-refractivity contribution in [1.82, 2.24) is 10.6 Å². The normalized spacial score (nSPS) is 31.2. The molecule has 0 unspecified atom stereocenters. The van der Waals surface area contributed by atoms with E-state index in [0.29, 0.717) is 12.8 Å². The van der Waals surface area contributed by atoms with Crippen LogP contribution in [-0.2, 0) is 14.4 Å². The molecular formula is C12H10N4O3. The number of nitrogens with zero attached hydrogens (tertiary/aromatic N) is 2. The van der Waals surface area contributed by atoms with Crippen molar-refractivity contribution < 1.29 is 14.4 Å². The minimum absolute atomic E-state index is 0.125. The Morgan fingerprint density at radius 2 is 2.21 bits per heavy atom. The van der Waals surface area contributed by atoms with E-state index in [0.717, 1.165) is 0 Å². The standard InChI is InChI=1S/C12H10N4O3/c17-9-7-5-12(6-7,11(19)15-9)16-10(18)8-1-2-13-3-4-14-8/h1,3-4,7H,5-6H2,(H,16,18)(H,15,17,19). The topological polar surface area (TPSA) is 100.0 Å². The zero-order valence-corrected chi connectivity index (χ0v) is 9.84. The molecule has 3 heterocycles. The maximum absolute atomic E-state index is 12.0. The Hall–Kier alpha value is -2.53. The van der Waals surface area contributed by atoms with Crippen LogP contribution < -0.4 is 10.6 Å². The molecule has 2 saturated heterocycles. The van der Waals surface area contributed by atoms with Gasteiger partial charge in [0, 0.05) is 18.2 Å². The van der Waals surface area contributed by atoms with E-state index in [-0.39, 0.29) is 17.5 Å². The van der Waals surface area contributed by atoms with Crippen LogP contribution in [0, 0.1) is 5.92 Å². The molecule has 0 radical (unpaired) electrons. The zero-order valence-electron chi connectivity index (χ0n) is 9.84. The molecule has 19 heavy (non-hydrogen) atoms. The molecule has 3 fully saturated rings. The number of amides is 3. The van der Waals surface area contributed by atoms with Crippen molar-refractivity contribution in [3.05, 3.63) is 18.5 Å². The number of rotatable bonds is 2. The Balaban J connectivity index is 1.76. The van der Waals surface area contributed by atoms with E-state index in [1.165, 1.54) is 18.5 Å². The second-order valence-electron chi connectivity index (χ2n) is 4.67. The summed E-state index contributed by atoms with van der Waals surface area (Å²) in [5, 5.41) is 4.90. The van der Waals surface area contributed by atoms with Crippen LogP contribution in [0.2, 0.25) is 0 Å². The third-order valence-electron chi connectivity index (χ3n) is 3.45. The first-order valence-electron chi connectivity index (χ1n) is 5.80. The molecular weight excluding hydrogens is 248 g/mol. The van der Waals surface area contributed by atoms with E-state index in [4.69, 9.17) is 0 Å². The van der Waals surface area contributed by atoms with Crippen molar-refractivity contribution in [1.29, 1.82) is 0 Å². The largest absolute Gasteiger partial charge is 0.336 e. The number of hydrogen-bond donors (Lipinski definition) is 2. The Labute approximate surface area is 108 Å². The number of piperidine rings is 2. The first kappa shape index (κ1) is 11.6. The van der Waals surface area contributed by atoms with Crippen molar-refractivity contribution in [2.75, 3.05) is 0 Å². The molecule has 3 amide bonds. The second kappa shape index (κ2) is 4.00. The lowest BCUT2D eigenvalue weighted by Crippen LogP contribution is -2.73. The van der Waals surface area contributed by atoms with Gasteiger partial charge in [0.2, 0.25) is 5.91 Å². The number of carbonyl (C=O) groups is 3. The highest BCUT2D eigenvalue weighted by atomic mass is 16.2. The van der Waals surface area contributed by atoms with Crippen molar-refractivity contribution in [2.24, 2.45) is 15.9 Å². The summed E-state index contributed by atoms with van der Waals surface area (Å²) in [7, 11) is 0. The summed E-state index contributed by atoms with van der Waals surface area (Å²) in [6.45, 7) is 0. The maximum Gasteiger partial charge on any atom is 0.271 e. The first-order valence-corrected chi connectivity index (χ1v) is 5.80. The summed E-state index contributed by atoms with van der Waals surface area (Å²) in [4.78, 5) is 42.7. The molecule has 7 heteroatoms. The molecule has 4 aliphatic rings. The van der Waals surface area contributed by atoms with E-state index in [2.05, 4.69) is 26.5 Å². The van der Waals surface area contributed by atoms with Gasteiger partial charge >= 0.3 is 0 Å². The Morgan fingerprint density at radius 3 is 2.95 bits per heavy atom. The summed E-state index contributed by atoms with van der Waals surface area (Å²) in [6, 6.07) is 0. The van der Waals surface area contributed by atoms with Gasteiger partial charge in [-0.15, -0.1) is 0 Å². The number of fused-ring (bicyclic) bond motifs is 2. The molecule has 0 atom stereocenters. The van der Waals surface area contributed by atoms with Crippen molar-refractivity contribution in [2.45, 2.75) is 18.4 Å². The molecule has 1 aliphatic carbocycles. The maximum atomic E-state index is 12.0. The van der Waals surface area contributed by atoms with E-state index in [9.17, 15) is 14.4 Å². The van der Waals surface area contributed by atoms with Gasteiger partial charge < -0.3 is 5.32 Å². The van der Waals surface area contributed by atoms with Crippen LogP contribution in [0.4, 0.5) is 0 Å². The fourth-order valence-corrected chi connectivity index (χ4v) is 2.38. The molecule has 2 bridgehead atoms. The molecule has 1 saturated carbocycles. The molecule has 3 aliphatic heterocycles.